The van der Waals surface area contributed by atoms with Gasteiger partial charge in [-0.15, -0.1) is 0 Å². The topological polar surface area (TPSA) is 161 Å². The van der Waals surface area contributed by atoms with Gasteiger partial charge in [0, 0.05) is 52.2 Å². The molecule has 0 fully saturated rings. The molecular weight excluding hydrogens is 510 g/mol. The van der Waals surface area contributed by atoms with Crippen molar-refractivity contribution in [1.82, 2.24) is 0 Å². The van der Waals surface area contributed by atoms with E-state index in [1.807, 2.05) is 0 Å². The van der Waals surface area contributed by atoms with E-state index < -0.39 is 42.0 Å². The first-order chi connectivity index (χ1) is 14.8. The first-order valence-corrected chi connectivity index (χ1v) is 11.8. The third-order valence-electron chi connectivity index (χ3n) is 4.81. The van der Waals surface area contributed by atoms with Crippen molar-refractivity contribution >= 4 is 124 Å². The van der Waals surface area contributed by atoms with Crippen molar-refractivity contribution in [3.8, 4) is 11.5 Å². The van der Waals surface area contributed by atoms with Crippen LogP contribution in [0.25, 0.3) is 32.3 Å². The molecule has 0 aliphatic rings. The second kappa shape index (κ2) is 9.97. The predicted molar refractivity (Wildman–Crippen MR) is 127 cm³/mol. The van der Waals surface area contributed by atoms with Gasteiger partial charge in [0.25, 0.3) is 20.2 Å². The molecular formula is C20H16Na2O10S2. The molecule has 0 aromatic heterocycles. The average molecular weight is 526 g/mol. The second-order valence-electron chi connectivity index (χ2n) is 6.95. The molecule has 0 aliphatic carbocycles. The maximum atomic E-state index is 12.0. The zero-order valence-electron chi connectivity index (χ0n) is 16.4. The first-order valence-electron chi connectivity index (χ1n) is 8.89. The van der Waals surface area contributed by atoms with Crippen molar-refractivity contribution in [2.75, 3.05) is 0 Å². The molecule has 2 N–H and O–H groups in total. The van der Waals surface area contributed by atoms with Crippen LogP contribution in [-0.2, 0) is 29.8 Å². The summed E-state index contributed by atoms with van der Waals surface area (Å²) in [5.74, 6) is -1.43. The number of rotatable bonds is 4. The van der Waals surface area contributed by atoms with Gasteiger partial charge in [-0.1, -0.05) is 12.1 Å². The standard InChI is InChI=1S/C20H14O10S2.2Na.2H/c1-9(21)29-15-7-16(30-10(2)22)12-4-6-14-18(32(26,27)28)8-17(31(23,24)25)13-5-3-11(15)19(12)20(13)14;;;;/h3-8H,1-2H3,(H,23,24,25)(H,26,27,28);;;;. The Morgan fingerprint density at radius 2 is 0.971 bits per heavy atom. The monoisotopic (exact) mass is 526 g/mol. The number of hydrogen-bond acceptors (Lipinski definition) is 8. The van der Waals surface area contributed by atoms with Crippen molar-refractivity contribution in [3.05, 3.63) is 36.4 Å². The molecule has 4 aromatic rings. The van der Waals surface area contributed by atoms with Crippen LogP contribution in [0.2, 0.25) is 0 Å². The zero-order chi connectivity index (χ0) is 23.6. The summed E-state index contributed by atoms with van der Waals surface area (Å²) in [6.07, 6.45) is 0. The van der Waals surface area contributed by atoms with Gasteiger partial charge in [0.1, 0.15) is 21.3 Å². The van der Waals surface area contributed by atoms with Crippen LogP contribution in [0.1, 0.15) is 13.8 Å². The Morgan fingerprint density at radius 3 is 1.29 bits per heavy atom. The van der Waals surface area contributed by atoms with Gasteiger partial charge >= 0.3 is 71.1 Å². The van der Waals surface area contributed by atoms with E-state index in [1.54, 1.807) is 0 Å². The van der Waals surface area contributed by atoms with Crippen LogP contribution in [0, 0.1) is 0 Å². The molecule has 4 aromatic carbocycles. The summed E-state index contributed by atoms with van der Waals surface area (Å²) in [6, 6.07) is 7.41. The Kier molecular flexibility index (Phi) is 8.48. The minimum atomic E-state index is -4.91. The summed E-state index contributed by atoms with van der Waals surface area (Å²) in [7, 11) is -9.83. The van der Waals surface area contributed by atoms with Gasteiger partial charge in [0.2, 0.25) is 0 Å². The number of carbonyl (C=O) groups excluding carboxylic acids is 2. The molecule has 0 saturated heterocycles. The van der Waals surface area contributed by atoms with E-state index in [2.05, 4.69) is 0 Å². The van der Waals surface area contributed by atoms with E-state index in [0.717, 1.165) is 13.8 Å². The van der Waals surface area contributed by atoms with Gasteiger partial charge in [-0.2, -0.15) is 16.8 Å². The van der Waals surface area contributed by atoms with Crippen molar-refractivity contribution in [3.63, 3.8) is 0 Å². The van der Waals surface area contributed by atoms with Gasteiger partial charge < -0.3 is 9.47 Å². The molecule has 0 spiro atoms. The maximum absolute atomic E-state index is 12.0. The van der Waals surface area contributed by atoms with Gasteiger partial charge in [-0.25, -0.2) is 0 Å². The van der Waals surface area contributed by atoms with Crippen LogP contribution >= 0.6 is 0 Å². The Labute approximate surface area is 238 Å². The Morgan fingerprint density at radius 1 is 0.647 bits per heavy atom. The zero-order valence-corrected chi connectivity index (χ0v) is 18.1. The van der Waals surface area contributed by atoms with Gasteiger partial charge in [0.05, 0.1) is 0 Å². The normalized spacial score (nSPS) is 11.8. The molecule has 0 saturated carbocycles. The molecule has 0 heterocycles. The Hall–Kier alpha value is -1.32. The molecule has 0 bridgehead atoms. The minimum absolute atomic E-state index is 0. The number of benzene rings is 4. The van der Waals surface area contributed by atoms with E-state index in [4.69, 9.17) is 9.47 Å². The third kappa shape index (κ3) is 5.12. The average Bonchev–Trinajstić information content (AvgIpc) is 2.64. The molecule has 34 heavy (non-hydrogen) atoms. The molecule has 4 rings (SSSR count). The van der Waals surface area contributed by atoms with E-state index in [-0.39, 0.29) is 103 Å². The summed E-state index contributed by atoms with van der Waals surface area (Å²) in [4.78, 5) is 21.7. The van der Waals surface area contributed by atoms with Crippen molar-refractivity contribution in [2.24, 2.45) is 0 Å². The van der Waals surface area contributed by atoms with Crippen LogP contribution in [0.15, 0.2) is 46.2 Å². The van der Waals surface area contributed by atoms with Gasteiger partial charge in [0.15, 0.2) is 0 Å². The summed E-state index contributed by atoms with van der Waals surface area (Å²) >= 11 is 0. The van der Waals surface area contributed by atoms with E-state index >= 15 is 0 Å². The van der Waals surface area contributed by atoms with Crippen LogP contribution in [0.3, 0.4) is 0 Å². The number of ether oxygens (including phenoxy) is 2. The van der Waals surface area contributed by atoms with E-state index in [1.165, 1.54) is 30.3 Å². The predicted octanol–water partition coefficient (Wildman–Crippen LogP) is 1.63. The number of esters is 2. The van der Waals surface area contributed by atoms with Gasteiger partial charge in [-0.3, -0.25) is 18.7 Å². The summed E-state index contributed by atoms with van der Waals surface area (Å²) in [6.45, 7) is 2.30. The Bertz CT molecular complexity index is 1560. The van der Waals surface area contributed by atoms with Crippen LogP contribution in [0.4, 0.5) is 0 Å². The van der Waals surface area contributed by atoms with Gasteiger partial charge in [-0.05, 0) is 18.2 Å². The molecule has 170 valence electrons. The first kappa shape index (κ1) is 28.9. The SMILES string of the molecule is CC(=O)Oc1cc(OC(C)=O)c2ccc3c(S(=O)(=O)O)cc(S(=O)(=O)O)c4ccc1c2c43.[NaH].[NaH]. The molecule has 14 heteroatoms. The fourth-order valence-electron chi connectivity index (χ4n) is 3.77. The molecule has 0 atom stereocenters. The van der Waals surface area contributed by atoms with E-state index in [9.17, 15) is 35.5 Å². The quantitative estimate of drug-likeness (QED) is 0.131. The van der Waals surface area contributed by atoms with Crippen molar-refractivity contribution < 1.29 is 45.0 Å². The van der Waals surface area contributed by atoms with Crippen LogP contribution in [-0.4, -0.2) is 97.0 Å². The second-order valence-corrected chi connectivity index (χ2v) is 9.73. The summed E-state index contributed by atoms with van der Waals surface area (Å²) in [5, 5.41) is 0.676. The van der Waals surface area contributed by atoms with Crippen LogP contribution in [0.5, 0.6) is 11.5 Å². The molecule has 0 amide bonds. The number of carbonyl (C=O) groups is 2. The number of hydrogen-bond donors (Lipinski definition) is 2. The van der Waals surface area contributed by atoms with Crippen LogP contribution < -0.4 is 9.47 Å². The Balaban J connectivity index is 0.00000204. The fourth-order valence-corrected chi connectivity index (χ4v) is 5.28. The van der Waals surface area contributed by atoms with Crippen molar-refractivity contribution in [1.29, 1.82) is 0 Å². The fraction of sp³-hybridized carbons (Fsp3) is 0.100. The summed E-state index contributed by atoms with van der Waals surface area (Å²) < 4.78 is 78.0. The molecule has 0 aliphatic heterocycles. The summed E-state index contributed by atoms with van der Waals surface area (Å²) in [5.41, 5.74) is 0. The molecule has 0 radical (unpaired) electrons. The van der Waals surface area contributed by atoms with E-state index in [0.29, 0.717) is 6.07 Å². The molecule has 0 unspecified atom stereocenters. The third-order valence-corrected chi connectivity index (χ3v) is 6.60. The van der Waals surface area contributed by atoms with Crippen molar-refractivity contribution in [2.45, 2.75) is 23.6 Å². The molecule has 10 nitrogen and oxygen atoms in total.